The quantitative estimate of drug-likeness (QED) is 0.919. The third-order valence-corrected chi connectivity index (χ3v) is 3.93. The van der Waals surface area contributed by atoms with E-state index in [9.17, 15) is 4.39 Å². The number of rotatable bonds is 3. The van der Waals surface area contributed by atoms with Crippen molar-refractivity contribution in [1.29, 1.82) is 0 Å². The zero-order valence-electron chi connectivity index (χ0n) is 10.6. The molecule has 0 aliphatic carbocycles. The Morgan fingerprint density at radius 2 is 2.28 bits per heavy atom. The minimum Gasteiger partial charge on any atom is -0.493 e. The maximum Gasteiger partial charge on any atom is 0.165 e. The molecule has 1 aliphatic heterocycles. The molecule has 0 spiro atoms. The van der Waals surface area contributed by atoms with E-state index in [0.29, 0.717) is 17.5 Å². The first-order valence-electron chi connectivity index (χ1n) is 6.00. The van der Waals surface area contributed by atoms with Gasteiger partial charge < -0.3 is 10.5 Å². The lowest BCUT2D eigenvalue weighted by molar-refractivity contribution is 0.298. The Morgan fingerprint density at radius 3 is 2.83 bits per heavy atom. The van der Waals surface area contributed by atoms with Gasteiger partial charge >= 0.3 is 0 Å². The molecule has 0 radical (unpaired) electrons. The summed E-state index contributed by atoms with van der Waals surface area (Å²) in [4.78, 5) is 2.15. The van der Waals surface area contributed by atoms with Crippen molar-refractivity contribution >= 4 is 11.6 Å². The number of benzene rings is 1. The molecule has 2 N–H and O–H groups in total. The van der Waals surface area contributed by atoms with Crippen LogP contribution in [0.25, 0.3) is 0 Å². The lowest BCUT2D eigenvalue weighted by Gasteiger charge is -2.23. The Morgan fingerprint density at radius 1 is 1.56 bits per heavy atom. The molecule has 1 aliphatic rings. The molecule has 2 unspecified atom stereocenters. The summed E-state index contributed by atoms with van der Waals surface area (Å²) in [5, 5.41) is 0.544. The van der Waals surface area contributed by atoms with Crippen LogP contribution >= 0.6 is 11.6 Å². The Labute approximate surface area is 112 Å². The smallest absolute Gasteiger partial charge is 0.165 e. The molecule has 2 atom stereocenters. The van der Waals surface area contributed by atoms with Gasteiger partial charge in [0.15, 0.2) is 11.6 Å². The van der Waals surface area contributed by atoms with Crippen molar-refractivity contribution in [2.45, 2.75) is 12.5 Å². The highest BCUT2D eigenvalue weighted by Crippen LogP contribution is 2.42. The van der Waals surface area contributed by atoms with Crippen LogP contribution in [0.3, 0.4) is 0 Å². The van der Waals surface area contributed by atoms with Crippen molar-refractivity contribution in [3.05, 3.63) is 28.5 Å². The average molecular weight is 273 g/mol. The number of nitrogens with zero attached hydrogens (tertiary/aromatic N) is 1. The fourth-order valence-electron chi connectivity index (χ4n) is 2.68. The van der Waals surface area contributed by atoms with Crippen LogP contribution < -0.4 is 10.5 Å². The van der Waals surface area contributed by atoms with Gasteiger partial charge in [0.2, 0.25) is 0 Å². The number of methoxy groups -OCH3 is 1. The summed E-state index contributed by atoms with van der Waals surface area (Å²) < 4.78 is 18.9. The summed E-state index contributed by atoms with van der Waals surface area (Å²) in [6.45, 7) is 1.53. The monoisotopic (exact) mass is 272 g/mol. The molecule has 2 rings (SSSR count). The van der Waals surface area contributed by atoms with Crippen LogP contribution in [0.15, 0.2) is 12.1 Å². The molecule has 0 saturated carbocycles. The maximum atomic E-state index is 13.8. The number of halogens is 2. The molecular weight excluding hydrogens is 255 g/mol. The van der Waals surface area contributed by atoms with Crippen molar-refractivity contribution in [1.82, 2.24) is 4.90 Å². The molecular formula is C13H18ClFN2O. The Balaban J connectivity index is 2.41. The molecule has 1 saturated heterocycles. The van der Waals surface area contributed by atoms with E-state index in [0.717, 1.165) is 18.5 Å². The molecule has 1 fully saturated rings. The minimum atomic E-state index is -0.374. The summed E-state index contributed by atoms with van der Waals surface area (Å²) in [7, 11) is 3.47. The average Bonchev–Trinajstić information content (AvgIpc) is 2.73. The van der Waals surface area contributed by atoms with Gasteiger partial charge in [-0.15, -0.1) is 0 Å². The maximum absolute atomic E-state index is 13.8. The fraction of sp³-hybridized carbons (Fsp3) is 0.538. The largest absolute Gasteiger partial charge is 0.493 e. The summed E-state index contributed by atoms with van der Waals surface area (Å²) in [5.74, 6) is 0.294. The van der Waals surface area contributed by atoms with Crippen LogP contribution in [0.2, 0.25) is 5.02 Å². The number of nitrogens with two attached hydrogens (primary N) is 1. The van der Waals surface area contributed by atoms with E-state index in [2.05, 4.69) is 4.90 Å². The van der Waals surface area contributed by atoms with E-state index in [-0.39, 0.29) is 17.6 Å². The van der Waals surface area contributed by atoms with Gasteiger partial charge in [-0.05, 0) is 38.1 Å². The van der Waals surface area contributed by atoms with Crippen molar-refractivity contribution in [2.75, 3.05) is 27.2 Å². The standard InChI is InChI=1S/C13H18ClFN2O/c1-17-7-8(6-16)5-11(17)12-9(14)3-4-10(15)13(12)18-2/h3-4,8,11H,5-7,16H2,1-2H3. The molecule has 18 heavy (non-hydrogen) atoms. The van der Waals surface area contributed by atoms with Crippen molar-refractivity contribution in [2.24, 2.45) is 11.7 Å². The first-order chi connectivity index (χ1) is 8.58. The van der Waals surface area contributed by atoms with Crippen molar-refractivity contribution in [3.8, 4) is 5.75 Å². The van der Waals surface area contributed by atoms with Gasteiger partial charge in [0.25, 0.3) is 0 Å². The normalized spacial score (nSPS) is 24.5. The molecule has 0 bridgehead atoms. The van der Waals surface area contributed by atoms with E-state index in [4.69, 9.17) is 22.1 Å². The summed E-state index contributed by atoms with van der Waals surface area (Å²) in [5.41, 5.74) is 6.44. The Bertz CT molecular complexity index is 441. The van der Waals surface area contributed by atoms with E-state index < -0.39 is 0 Å². The zero-order chi connectivity index (χ0) is 13.3. The third kappa shape index (κ3) is 2.32. The molecule has 1 aromatic carbocycles. The van der Waals surface area contributed by atoms with E-state index in [1.807, 2.05) is 7.05 Å². The highest BCUT2D eigenvalue weighted by atomic mass is 35.5. The molecule has 3 nitrogen and oxygen atoms in total. The van der Waals surface area contributed by atoms with Gasteiger partial charge in [-0.3, -0.25) is 4.90 Å². The molecule has 0 amide bonds. The predicted molar refractivity (Wildman–Crippen MR) is 70.5 cm³/mol. The highest BCUT2D eigenvalue weighted by molar-refractivity contribution is 6.31. The van der Waals surface area contributed by atoms with Crippen LogP contribution in [0.1, 0.15) is 18.0 Å². The number of hydrogen-bond acceptors (Lipinski definition) is 3. The molecule has 1 aromatic rings. The van der Waals surface area contributed by atoms with Crippen LogP contribution in [0.4, 0.5) is 4.39 Å². The van der Waals surface area contributed by atoms with Gasteiger partial charge in [0.1, 0.15) is 0 Å². The lowest BCUT2D eigenvalue weighted by atomic mass is 9.99. The van der Waals surface area contributed by atoms with Gasteiger partial charge in [-0.25, -0.2) is 4.39 Å². The second kappa shape index (κ2) is 5.43. The molecule has 0 aromatic heterocycles. The third-order valence-electron chi connectivity index (χ3n) is 3.60. The van der Waals surface area contributed by atoms with Gasteiger partial charge in [0.05, 0.1) is 7.11 Å². The van der Waals surface area contributed by atoms with Crippen LogP contribution in [-0.2, 0) is 0 Å². The van der Waals surface area contributed by atoms with Crippen molar-refractivity contribution < 1.29 is 9.13 Å². The molecule has 1 heterocycles. The second-order valence-corrected chi connectivity index (χ2v) is 5.18. The Kier molecular flexibility index (Phi) is 4.10. The molecule has 5 heteroatoms. The fourth-order valence-corrected chi connectivity index (χ4v) is 2.96. The van der Waals surface area contributed by atoms with Crippen molar-refractivity contribution in [3.63, 3.8) is 0 Å². The number of hydrogen-bond donors (Lipinski definition) is 1. The zero-order valence-corrected chi connectivity index (χ0v) is 11.4. The summed E-state index contributed by atoms with van der Waals surface area (Å²) in [6, 6.07) is 2.98. The van der Waals surface area contributed by atoms with Crippen LogP contribution in [-0.4, -0.2) is 32.1 Å². The second-order valence-electron chi connectivity index (χ2n) is 4.77. The summed E-state index contributed by atoms with van der Waals surface area (Å²) in [6.07, 6.45) is 0.881. The van der Waals surface area contributed by atoms with E-state index in [1.165, 1.54) is 13.2 Å². The van der Waals surface area contributed by atoms with E-state index in [1.54, 1.807) is 6.07 Å². The topological polar surface area (TPSA) is 38.5 Å². The van der Waals surface area contributed by atoms with Crippen LogP contribution in [0.5, 0.6) is 5.75 Å². The first kappa shape index (κ1) is 13.6. The van der Waals surface area contributed by atoms with Gasteiger partial charge in [-0.2, -0.15) is 0 Å². The van der Waals surface area contributed by atoms with Gasteiger partial charge in [0, 0.05) is 23.2 Å². The van der Waals surface area contributed by atoms with E-state index >= 15 is 0 Å². The SMILES string of the molecule is COc1c(F)ccc(Cl)c1C1CC(CN)CN1C. The first-order valence-corrected chi connectivity index (χ1v) is 6.38. The number of likely N-dealkylation sites (tertiary alicyclic amines) is 1. The summed E-state index contributed by atoms with van der Waals surface area (Å²) >= 11 is 6.21. The van der Waals surface area contributed by atoms with Crippen LogP contribution in [0, 0.1) is 11.7 Å². The minimum absolute atomic E-state index is 0.0664. The lowest BCUT2D eigenvalue weighted by Crippen LogP contribution is -2.21. The molecule has 100 valence electrons. The van der Waals surface area contributed by atoms with Gasteiger partial charge in [-0.1, -0.05) is 11.6 Å². The highest BCUT2D eigenvalue weighted by Gasteiger charge is 2.33. The predicted octanol–water partition coefficient (Wildman–Crippen LogP) is 2.44. The number of ether oxygens (including phenoxy) is 1. The Hall–Kier alpha value is -0.840.